The zero-order valence-electron chi connectivity index (χ0n) is 20.7. The van der Waals surface area contributed by atoms with Gasteiger partial charge in [-0.3, -0.25) is 9.78 Å². The van der Waals surface area contributed by atoms with Crippen molar-refractivity contribution in [1.82, 2.24) is 25.2 Å². The molecule has 36 heavy (non-hydrogen) atoms. The summed E-state index contributed by atoms with van der Waals surface area (Å²) in [6, 6.07) is 9.29. The number of hydrogen-bond donors (Lipinski definition) is 2. The van der Waals surface area contributed by atoms with E-state index in [4.69, 9.17) is 0 Å². The number of fused-ring (bicyclic) bond motifs is 2. The van der Waals surface area contributed by atoms with E-state index < -0.39 is 5.82 Å². The monoisotopic (exact) mass is 498 g/mol. The summed E-state index contributed by atoms with van der Waals surface area (Å²) >= 11 is 1.46. The Morgan fingerprint density at radius 3 is 2.78 bits per heavy atom. The van der Waals surface area contributed by atoms with Crippen molar-refractivity contribution in [3.63, 3.8) is 0 Å². The van der Waals surface area contributed by atoms with Crippen LogP contribution >= 0.6 is 11.3 Å². The first-order valence-electron chi connectivity index (χ1n) is 11.8. The van der Waals surface area contributed by atoms with Crippen LogP contribution in [0.5, 0.6) is 0 Å². The minimum Gasteiger partial charge on any atom is -0.351 e. The first-order valence-corrected chi connectivity index (χ1v) is 12.6. The normalized spacial score (nSPS) is 21.6. The number of carbonyl (C=O) groups is 1. The predicted octanol–water partition coefficient (Wildman–Crippen LogP) is 1.57. The van der Waals surface area contributed by atoms with Crippen LogP contribution in [0.3, 0.4) is 0 Å². The Morgan fingerprint density at radius 2 is 2.19 bits per heavy atom. The molecule has 0 bridgehead atoms. The van der Waals surface area contributed by atoms with Crippen LogP contribution < -0.4 is 29.5 Å². The largest absolute Gasteiger partial charge is 1.00 e. The molecule has 10 heteroatoms. The van der Waals surface area contributed by atoms with Gasteiger partial charge in [0, 0.05) is 22.7 Å². The molecule has 184 valence electrons. The molecule has 1 spiro atoms. The van der Waals surface area contributed by atoms with E-state index in [-0.39, 0.29) is 41.8 Å². The third-order valence-corrected chi connectivity index (χ3v) is 8.61. The van der Waals surface area contributed by atoms with Gasteiger partial charge in [0.15, 0.2) is 5.82 Å². The Balaban J connectivity index is 0.000000291. The number of rotatable bonds is 4. The van der Waals surface area contributed by atoms with Gasteiger partial charge in [0.25, 0.3) is 5.91 Å². The van der Waals surface area contributed by atoms with Crippen molar-refractivity contribution in [2.45, 2.75) is 49.6 Å². The average Bonchev–Trinajstić information content (AvgIpc) is 3.30. The van der Waals surface area contributed by atoms with Crippen LogP contribution in [0.4, 0.5) is 16.2 Å². The van der Waals surface area contributed by atoms with Crippen LogP contribution in [-0.4, -0.2) is 51.4 Å². The zero-order valence-corrected chi connectivity index (χ0v) is 21.5. The second-order valence-corrected chi connectivity index (χ2v) is 10.4. The van der Waals surface area contributed by atoms with Gasteiger partial charge >= 0.3 is 18.9 Å². The summed E-state index contributed by atoms with van der Waals surface area (Å²) in [5.41, 5.74) is 0.853. The molecule has 2 fully saturated rings. The third kappa shape index (κ3) is 5.07. The Kier molecular flexibility index (Phi) is 8.15. The zero-order chi connectivity index (χ0) is 24.6. The van der Waals surface area contributed by atoms with E-state index in [1.165, 1.54) is 24.0 Å². The van der Waals surface area contributed by atoms with Crippen LogP contribution in [-0.2, 0) is 5.41 Å². The van der Waals surface area contributed by atoms with Crippen molar-refractivity contribution in [2.24, 2.45) is 0 Å². The number of aromatic nitrogens is 3. The van der Waals surface area contributed by atoms with E-state index in [0.717, 1.165) is 42.8 Å². The van der Waals surface area contributed by atoms with Crippen molar-refractivity contribution < 1.29 is 28.0 Å². The smallest absolute Gasteiger partial charge is 0.351 e. The molecule has 2 aliphatic heterocycles. The summed E-state index contributed by atoms with van der Waals surface area (Å²) in [4.78, 5) is 28.7. The molecular formula is C26H28FLiN6OS-2. The summed E-state index contributed by atoms with van der Waals surface area (Å²) < 4.78 is 14.5. The molecule has 3 aromatic rings. The Bertz CT molecular complexity index is 1220. The van der Waals surface area contributed by atoms with Crippen LogP contribution in [0.15, 0.2) is 30.6 Å². The molecule has 6 rings (SSSR count). The molecule has 0 radical (unpaired) electrons. The second-order valence-electron chi connectivity index (χ2n) is 9.33. The van der Waals surface area contributed by atoms with Gasteiger partial charge in [-0.05, 0) is 32.0 Å². The Labute approximate surface area is 227 Å². The van der Waals surface area contributed by atoms with Gasteiger partial charge in [0.2, 0.25) is 5.95 Å². The van der Waals surface area contributed by atoms with Crippen molar-refractivity contribution in [1.29, 1.82) is 0 Å². The molecule has 2 unspecified atom stereocenters. The quantitative estimate of drug-likeness (QED) is 0.420. The van der Waals surface area contributed by atoms with Crippen LogP contribution in [0.1, 0.15) is 47.3 Å². The summed E-state index contributed by atoms with van der Waals surface area (Å²) in [5, 5.41) is 5.93. The maximum absolute atomic E-state index is 14.5. The van der Waals surface area contributed by atoms with Gasteiger partial charge in [-0.2, -0.15) is 12.5 Å². The molecular weight excluding hydrogens is 470 g/mol. The van der Waals surface area contributed by atoms with E-state index in [0.29, 0.717) is 28.8 Å². The fourth-order valence-corrected chi connectivity index (χ4v) is 6.13. The van der Waals surface area contributed by atoms with Crippen molar-refractivity contribution >= 4 is 29.0 Å². The van der Waals surface area contributed by atoms with Crippen LogP contribution in [0.2, 0.25) is 0 Å². The molecule has 2 atom stereocenters. The molecule has 0 aromatic carbocycles. The first kappa shape index (κ1) is 26.7. The molecule has 7 nitrogen and oxygen atoms in total. The van der Waals surface area contributed by atoms with E-state index in [2.05, 4.69) is 57.4 Å². The van der Waals surface area contributed by atoms with Gasteiger partial charge in [-0.15, -0.1) is 17.4 Å². The summed E-state index contributed by atoms with van der Waals surface area (Å²) in [7, 11) is 2.11. The number of hydrogen-bond acceptors (Lipinski definition) is 7. The number of thiophene rings is 1. The second kappa shape index (κ2) is 11.0. The van der Waals surface area contributed by atoms with Crippen molar-refractivity contribution in [2.75, 3.05) is 18.9 Å². The maximum atomic E-state index is 14.5. The number of halogens is 1. The number of nitrogens with zero attached hydrogens (tertiary/aromatic N) is 4. The number of pyridine rings is 1. The third-order valence-electron chi connectivity index (χ3n) is 7.22. The van der Waals surface area contributed by atoms with Gasteiger partial charge in [0.05, 0.1) is 16.6 Å². The van der Waals surface area contributed by atoms with E-state index in [9.17, 15) is 9.18 Å². The van der Waals surface area contributed by atoms with Crippen LogP contribution in [0.25, 0.3) is 10.6 Å². The first-order chi connectivity index (χ1) is 16.9. The fourth-order valence-electron chi connectivity index (χ4n) is 4.74. The average molecular weight is 499 g/mol. The number of amides is 1. The summed E-state index contributed by atoms with van der Waals surface area (Å²) in [5.74, 6) is 0.183. The van der Waals surface area contributed by atoms with E-state index in [1.807, 2.05) is 0 Å². The number of likely N-dealkylation sites (tertiary alicyclic amines) is 1. The van der Waals surface area contributed by atoms with Gasteiger partial charge in [-0.1, -0.05) is 19.0 Å². The molecule has 1 amide bonds. The summed E-state index contributed by atoms with van der Waals surface area (Å²) in [6.45, 7) is 8.41. The molecule has 1 saturated carbocycles. The summed E-state index contributed by atoms with van der Waals surface area (Å²) in [6.07, 6.45) is 8.18. The van der Waals surface area contributed by atoms with Gasteiger partial charge in [-0.25, -0.2) is 26.5 Å². The Morgan fingerprint density at radius 1 is 1.39 bits per heavy atom. The molecule has 1 saturated heterocycles. The minimum atomic E-state index is -0.517. The van der Waals surface area contributed by atoms with Gasteiger partial charge < -0.3 is 29.4 Å². The molecule has 5 heterocycles. The fraction of sp³-hybridized carbons (Fsp3) is 0.385. The topological polar surface area (TPSA) is 83.0 Å². The van der Waals surface area contributed by atoms with Crippen LogP contribution in [0, 0.1) is 25.7 Å². The van der Waals surface area contributed by atoms with E-state index in [1.54, 1.807) is 18.2 Å². The molecule has 2 N–H and O–H groups in total. The number of anilines is 2. The van der Waals surface area contributed by atoms with Crippen molar-refractivity contribution in [3.8, 4) is 10.6 Å². The van der Waals surface area contributed by atoms with E-state index >= 15 is 0 Å². The maximum Gasteiger partial charge on any atom is 1.00 e. The van der Waals surface area contributed by atoms with Crippen molar-refractivity contribution in [3.05, 3.63) is 66.8 Å². The van der Waals surface area contributed by atoms with Gasteiger partial charge in [0.1, 0.15) is 5.69 Å². The number of carbonyl (C=O) groups excluding carboxylic acids is 1. The predicted molar refractivity (Wildman–Crippen MR) is 135 cm³/mol. The standard InChI is InChI=1S/C19H15FN5OS.C7H13N.Li/c20-12-9-22-18(24-14-4-1-2-7-21-14)25-15(12)13-8-11-16(27-13)19(5-3-6-19)10-23-17(11)26;1-4-7-5-6(2)8(7)3;/h1,4,7-9H,3,5-6,10H2,(H,23,26)(H,21,22,24,25);6-7H,1-2,4-5H2,3H3;/q-1;-2;+1. The molecule has 3 aliphatic rings. The molecule has 3 aromatic heterocycles. The molecule has 1 aliphatic carbocycles. The SMILES string of the molecule is O=C1NCC2(CCC2)c2sc(-c3nc(Nc4cc[c-]cn4)ncc3F)cc21.[CH2-]CC1CC([CH2-])N1C.[Li+]. The Hall–Kier alpha value is -2.31. The number of nitrogens with one attached hydrogen (secondary N) is 2. The minimum absolute atomic E-state index is 0.